The summed E-state index contributed by atoms with van der Waals surface area (Å²) in [6.45, 7) is 0. The molecule has 1 heterocycles. The van der Waals surface area contributed by atoms with Crippen LogP contribution in [0.3, 0.4) is 0 Å². The maximum atomic E-state index is 12.3. The molecular formula is C12H15F3NO7S3+. The van der Waals surface area contributed by atoms with Gasteiger partial charge < -0.3 is 14.4 Å². The summed E-state index contributed by atoms with van der Waals surface area (Å²) in [4.78, 5) is 0.542. The number of hydrogen-bond acceptors (Lipinski definition) is 7. The Balaban J connectivity index is 2.26. The van der Waals surface area contributed by atoms with Crippen molar-refractivity contribution in [1.29, 1.82) is 0 Å². The summed E-state index contributed by atoms with van der Waals surface area (Å²) in [7, 11) is -12.1. The Morgan fingerprint density at radius 1 is 1.00 bits per heavy atom. The molecule has 2 rings (SSSR count). The smallest absolute Gasteiger partial charge is 0.504 e. The lowest BCUT2D eigenvalue weighted by Crippen LogP contribution is -2.42. The number of benzene rings is 1. The van der Waals surface area contributed by atoms with Gasteiger partial charge in [-0.15, -0.1) is 0 Å². The standard InChI is InChI=1S/C12H14F3NO7S3/c13-12(14,15)25(19,20)16-26(21,22)23-11-9(17)6-8(7-10(11)18)24-4-2-1-3-5-24/h6-7,16H,1-5H2,(H-,17,18)/p+1. The van der Waals surface area contributed by atoms with E-state index < -0.39 is 43.1 Å². The van der Waals surface area contributed by atoms with Gasteiger partial charge in [0.15, 0.2) is 16.4 Å². The third kappa shape index (κ3) is 4.86. The molecule has 1 aliphatic rings. The summed E-state index contributed by atoms with van der Waals surface area (Å²) < 4.78 is 86.0. The number of sulfonamides is 1. The van der Waals surface area contributed by atoms with E-state index in [4.69, 9.17) is 0 Å². The van der Waals surface area contributed by atoms with Gasteiger partial charge in [0.2, 0.25) is 5.75 Å². The van der Waals surface area contributed by atoms with E-state index in [0.29, 0.717) is 9.02 Å². The minimum Gasteiger partial charge on any atom is -0.504 e. The quantitative estimate of drug-likeness (QED) is 0.591. The molecular weight excluding hydrogens is 423 g/mol. The predicted octanol–water partition coefficient (Wildman–Crippen LogP) is 1.32. The van der Waals surface area contributed by atoms with E-state index in [9.17, 15) is 40.2 Å². The molecule has 0 unspecified atom stereocenters. The molecule has 0 aromatic heterocycles. The topological polar surface area (TPSA) is 130 Å². The summed E-state index contributed by atoms with van der Waals surface area (Å²) in [6, 6.07) is 2.27. The summed E-state index contributed by atoms with van der Waals surface area (Å²) in [5, 5.41) is 19.8. The largest absolute Gasteiger partial charge is 0.512 e. The van der Waals surface area contributed by atoms with Crippen LogP contribution in [0.5, 0.6) is 17.2 Å². The third-order valence-electron chi connectivity index (χ3n) is 3.35. The van der Waals surface area contributed by atoms with Crippen LogP contribution in [0.4, 0.5) is 13.2 Å². The molecule has 0 amide bonds. The van der Waals surface area contributed by atoms with Crippen LogP contribution in [-0.2, 0) is 31.2 Å². The Morgan fingerprint density at radius 2 is 1.50 bits per heavy atom. The van der Waals surface area contributed by atoms with Crippen molar-refractivity contribution < 1.29 is 44.4 Å². The molecule has 1 aliphatic heterocycles. The molecule has 0 saturated carbocycles. The summed E-state index contributed by atoms with van der Waals surface area (Å²) in [5.74, 6) is -1.11. The fourth-order valence-corrected chi connectivity index (χ4v) is 6.52. The molecule has 0 atom stereocenters. The summed E-state index contributed by atoms with van der Waals surface area (Å²) >= 11 is 0. The lowest BCUT2D eigenvalue weighted by Gasteiger charge is -2.15. The van der Waals surface area contributed by atoms with Gasteiger partial charge in [-0.25, -0.2) is 8.42 Å². The SMILES string of the molecule is O=S(=O)(NS(=O)(=O)C(F)(F)F)Oc1c(O)cc([S+]2CCCCC2)cc1O. The van der Waals surface area contributed by atoms with Crippen LogP contribution >= 0.6 is 0 Å². The first-order chi connectivity index (χ1) is 11.8. The molecule has 26 heavy (non-hydrogen) atoms. The average Bonchev–Trinajstić information content (AvgIpc) is 2.49. The Hall–Kier alpha value is -1.38. The zero-order chi connectivity index (χ0) is 19.8. The van der Waals surface area contributed by atoms with Crippen LogP contribution in [0.2, 0.25) is 0 Å². The zero-order valence-electron chi connectivity index (χ0n) is 13.0. The first kappa shape index (κ1) is 20.9. The van der Waals surface area contributed by atoms with Gasteiger partial charge in [0.1, 0.15) is 11.5 Å². The summed E-state index contributed by atoms with van der Waals surface area (Å²) in [5.41, 5.74) is -5.89. The van der Waals surface area contributed by atoms with Crippen LogP contribution in [0.25, 0.3) is 0 Å². The van der Waals surface area contributed by atoms with Gasteiger partial charge in [-0.05, 0) is 19.3 Å². The van der Waals surface area contributed by atoms with Crippen molar-refractivity contribution in [1.82, 2.24) is 4.13 Å². The molecule has 1 fully saturated rings. The highest BCUT2D eigenvalue weighted by atomic mass is 32.3. The number of aromatic hydroxyl groups is 2. The van der Waals surface area contributed by atoms with Crippen LogP contribution in [0.1, 0.15) is 19.3 Å². The van der Waals surface area contributed by atoms with Gasteiger partial charge in [-0.3, -0.25) is 0 Å². The van der Waals surface area contributed by atoms with E-state index in [0.717, 1.165) is 42.9 Å². The van der Waals surface area contributed by atoms with Crippen molar-refractivity contribution in [2.24, 2.45) is 0 Å². The average molecular weight is 438 g/mol. The monoisotopic (exact) mass is 438 g/mol. The molecule has 14 heteroatoms. The molecule has 148 valence electrons. The van der Waals surface area contributed by atoms with Crippen molar-refractivity contribution in [2.75, 3.05) is 11.5 Å². The molecule has 0 bridgehead atoms. The lowest BCUT2D eigenvalue weighted by atomic mass is 10.3. The van der Waals surface area contributed by atoms with E-state index >= 15 is 0 Å². The Kier molecular flexibility index (Phi) is 5.90. The maximum Gasteiger partial charge on any atom is 0.512 e. The van der Waals surface area contributed by atoms with Crippen LogP contribution in [0.15, 0.2) is 17.0 Å². The highest BCUT2D eigenvalue weighted by Crippen LogP contribution is 2.40. The Bertz CT molecular complexity index is 855. The molecule has 1 aromatic rings. The number of nitrogens with one attached hydrogen (secondary N) is 1. The first-order valence-corrected chi connectivity index (χ1v) is 11.6. The first-order valence-electron chi connectivity index (χ1n) is 7.10. The van der Waals surface area contributed by atoms with Gasteiger partial charge in [0.25, 0.3) is 0 Å². The van der Waals surface area contributed by atoms with E-state index in [2.05, 4.69) is 4.18 Å². The minimum absolute atomic E-state index is 0.273. The highest BCUT2D eigenvalue weighted by molar-refractivity contribution is 8.03. The van der Waals surface area contributed by atoms with Crippen molar-refractivity contribution in [3.8, 4) is 17.2 Å². The van der Waals surface area contributed by atoms with Crippen molar-refractivity contribution in [2.45, 2.75) is 29.7 Å². The van der Waals surface area contributed by atoms with Crippen molar-refractivity contribution in [3.05, 3.63) is 12.1 Å². The third-order valence-corrected chi connectivity index (χ3v) is 8.50. The van der Waals surface area contributed by atoms with E-state index in [1.807, 2.05) is 0 Å². The van der Waals surface area contributed by atoms with Crippen molar-refractivity contribution in [3.63, 3.8) is 0 Å². The predicted molar refractivity (Wildman–Crippen MR) is 86.6 cm³/mol. The molecule has 3 N–H and O–H groups in total. The molecule has 1 saturated heterocycles. The molecule has 0 aliphatic carbocycles. The number of phenolic OH excluding ortho intramolecular Hbond substituents is 2. The fraction of sp³-hybridized carbons (Fsp3) is 0.500. The second-order valence-electron chi connectivity index (χ2n) is 5.32. The molecule has 8 nitrogen and oxygen atoms in total. The van der Waals surface area contributed by atoms with Gasteiger partial charge in [-0.1, -0.05) is 4.13 Å². The van der Waals surface area contributed by atoms with Gasteiger partial charge >= 0.3 is 25.8 Å². The van der Waals surface area contributed by atoms with Gasteiger partial charge in [0, 0.05) is 23.0 Å². The molecule has 1 aromatic carbocycles. The van der Waals surface area contributed by atoms with Crippen LogP contribution in [-0.4, -0.2) is 44.1 Å². The molecule has 0 spiro atoms. The number of halogens is 3. The Labute approximate surface area is 150 Å². The zero-order valence-corrected chi connectivity index (χ0v) is 15.4. The van der Waals surface area contributed by atoms with Crippen LogP contribution < -0.4 is 8.31 Å². The van der Waals surface area contributed by atoms with Gasteiger partial charge in [-0.2, -0.15) is 21.6 Å². The lowest BCUT2D eigenvalue weighted by molar-refractivity contribution is -0.0442. The Morgan fingerprint density at radius 3 is 1.96 bits per heavy atom. The van der Waals surface area contributed by atoms with E-state index in [-0.39, 0.29) is 10.9 Å². The minimum atomic E-state index is -6.25. The number of hydrogen-bond donors (Lipinski definition) is 3. The molecule has 0 radical (unpaired) electrons. The van der Waals surface area contributed by atoms with E-state index in [1.54, 1.807) is 0 Å². The highest BCUT2D eigenvalue weighted by Gasteiger charge is 2.49. The number of rotatable bonds is 5. The normalized spacial score (nSPS) is 17.2. The summed E-state index contributed by atoms with van der Waals surface area (Å²) in [6.07, 6.45) is 2.97. The number of phenols is 2. The maximum absolute atomic E-state index is 12.3. The van der Waals surface area contributed by atoms with Crippen molar-refractivity contribution >= 4 is 31.2 Å². The van der Waals surface area contributed by atoms with Gasteiger partial charge in [0.05, 0.1) is 0 Å². The van der Waals surface area contributed by atoms with Crippen LogP contribution in [0, 0.1) is 0 Å². The number of alkyl halides is 3. The second-order valence-corrected chi connectivity index (χ2v) is 10.8. The second kappa shape index (κ2) is 7.32. The fourth-order valence-electron chi connectivity index (χ4n) is 2.20. The van der Waals surface area contributed by atoms with E-state index in [1.165, 1.54) is 0 Å².